The second-order valence-electron chi connectivity index (χ2n) is 4.83. The molecular weight excluding hydrogens is 240 g/mol. The van der Waals surface area contributed by atoms with Crippen LogP contribution in [0.25, 0.3) is 0 Å². The predicted octanol–water partition coefficient (Wildman–Crippen LogP) is 2.55. The van der Waals surface area contributed by atoms with E-state index in [0.717, 1.165) is 5.06 Å². The zero-order valence-electron chi connectivity index (χ0n) is 11.3. The summed E-state index contributed by atoms with van der Waals surface area (Å²) in [6.45, 7) is 14.7. The first kappa shape index (κ1) is 15.4. The van der Waals surface area contributed by atoms with E-state index < -0.39 is 11.2 Å². The van der Waals surface area contributed by atoms with Crippen molar-refractivity contribution in [2.24, 2.45) is 0 Å². The molecule has 0 aliphatic carbocycles. The van der Waals surface area contributed by atoms with Gasteiger partial charge in [-0.15, -0.1) is 26.3 Å². The van der Waals surface area contributed by atoms with Gasteiger partial charge >= 0.3 is 0 Å². The molecule has 1 aliphatic rings. The summed E-state index contributed by atoms with van der Waals surface area (Å²) in [6.07, 6.45) is 8.38. The summed E-state index contributed by atoms with van der Waals surface area (Å²) >= 11 is 0. The number of amides is 1. The molecular formula is C15H22N2O2. The van der Waals surface area contributed by atoms with Crippen molar-refractivity contribution < 1.29 is 10.0 Å². The Kier molecular flexibility index (Phi) is 4.86. The van der Waals surface area contributed by atoms with E-state index in [2.05, 4.69) is 31.6 Å². The minimum Gasteiger partial charge on any atom is -0.284 e. The number of rotatable bonds is 8. The van der Waals surface area contributed by atoms with E-state index >= 15 is 0 Å². The van der Waals surface area contributed by atoms with Crippen molar-refractivity contribution in [3.63, 3.8) is 0 Å². The Morgan fingerprint density at radius 1 is 1.00 bits per heavy atom. The van der Waals surface area contributed by atoms with Crippen molar-refractivity contribution in [2.45, 2.75) is 36.9 Å². The van der Waals surface area contributed by atoms with Crippen LogP contribution < -0.4 is 5.32 Å². The maximum absolute atomic E-state index is 12.4. The van der Waals surface area contributed by atoms with Crippen LogP contribution in [0.3, 0.4) is 0 Å². The van der Waals surface area contributed by atoms with E-state index in [4.69, 9.17) is 0 Å². The van der Waals surface area contributed by atoms with Crippen LogP contribution in [0.1, 0.15) is 25.7 Å². The van der Waals surface area contributed by atoms with Gasteiger partial charge in [-0.2, -0.15) is 0 Å². The van der Waals surface area contributed by atoms with Crippen LogP contribution in [0.2, 0.25) is 0 Å². The monoisotopic (exact) mass is 262 g/mol. The van der Waals surface area contributed by atoms with Gasteiger partial charge in [0.15, 0.2) is 0 Å². The molecule has 4 nitrogen and oxygen atoms in total. The predicted molar refractivity (Wildman–Crippen MR) is 76.5 cm³/mol. The van der Waals surface area contributed by atoms with Crippen molar-refractivity contribution in [3.05, 3.63) is 50.6 Å². The molecule has 19 heavy (non-hydrogen) atoms. The van der Waals surface area contributed by atoms with Gasteiger partial charge in [0, 0.05) is 12.8 Å². The van der Waals surface area contributed by atoms with Gasteiger partial charge in [0.25, 0.3) is 5.91 Å². The standard InChI is InChI=1S/C15H22N2O2/c1-5-9-14(10-6-2)13(18)17(19)15(16-14,11-7-3)12-8-4/h5-8,16,19H,1-4,9-12H2. The molecule has 1 heterocycles. The van der Waals surface area contributed by atoms with Crippen LogP contribution >= 0.6 is 0 Å². The molecule has 0 aromatic heterocycles. The lowest BCUT2D eigenvalue weighted by Gasteiger charge is -2.33. The highest BCUT2D eigenvalue weighted by molar-refractivity contribution is 5.89. The molecule has 0 aromatic carbocycles. The Labute approximate surface area is 114 Å². The number of carbonyl (C=O) groups excluding carboxylic acids is 1. The van der Waals surface area contributed by atoms with Crippen LogP contribution in [0.4, 0.5) is 0 Å². The molecule has 1 rings (SSSR count). The van der Waals surface area contributed by atoms with E-state index in [1.807, 2.05) is 0 Å². The first-order valence-corrected chi connectivity index (χ1v) is 6.28. The lowest BCUT2D eigenvalue weighted by molar-refractivity contribution is -0.183. The van der Waals surface area contributed by atoms with Crippen LogP contribution in [-0.2, 0) is 4.79 Å². The average Bonchev–Trinajstić information content (AvgIpc) is 2.55. The van der Waals surface area contributed by atoms with Crippen molar-refractivity contribution in [1.82, 2.24) is 10.4 Å². The highest BCUT2D eigenvalue weighted by Gasteiger charge is 2.56. The van der Waals surface area contributed by atoms with E-state index in [1.54, 1.807) is 24.3 Å². The topological polar surface area (TPSA) is 52.6 Å². The summed E-state index contributed by atoms with van der Waals surface area (Å²) in [5, 5.41) is 14.3. The van der Waals surface area contributed by atoms with Crippen LogP contribution in [0.5, 0.6) is 0 Å². The largest absolute Gasteiger partial charge is 0.284 e. The Morgan fingerprint density at radius 2 is 1.42 bits per heavy atom. The summed E-state index contributed by atoms with van der Waals surface area (Å²) in [7, 11) is 0. The van der Waals surface area contributed by atoms with Crippen molar-refractivity contribution in [3.8, 4) is 0 Å². The molecule has 4 heteroatoms. The minimum absolute atomic E-state index is 0.365. The quantitative estimate of drug-likeness (QED) is 0.522. The van der Waals surface area contributed by atoms with E-state index in [1.165, 1.54) is 0 Å². The molecule has 0 aromatic rings. The van der Waals surface area contributed by atoms with Gasteiger partial charge in [0.05, 0.1) is 0 Å². The van der Waals surface area contributed by atoms with Gasteiger partial charge in [-0.05, 0) is 12.8 Å². The first-order valence-electron chi connectivity index (χ1n) is 6.28. The van der Waals surface area contributed by atoms with Gasteiger partial charge in [-0.25, -0.2) is 5.06 Å². The fourth-order valence-corrected chi connectivity index (χ4v) is 2.64. The zero-order chi connectivity index (χ0) is 14.5. The normalized spacial score (nSPS) is 20.1. The van der Waals surface area contributed by atoms with Crippen molar-refractivity contribution >= 4 is 5.91 Å². The molecule has 0 atom stereocenters. The first-order chi connectivity index (χ1) is 9.02. The second kappa shape index (κ2) is 5.99. The fraction of sp³-hybridized carbons (Fsp3) is 0.400. The molecule has 0 radical (unpaired) electrons. The molecule has 1 fully saturated rings. The lowest BCUT2D eigenvalue weighted by Crippen LogP contribution is -2.53. The Bertz CT molecular complexity index is 381. The summed E-state index contributed by atoms with van der Waals surface area (Å²) in [4.78, 5) is 12.4. The summed E-state index contributed by atoms with van der Waals surface area (Å²) < 4.78 is 0. The number of nitrogens with one attached hydrogen (secondary N) is 1. The maximum Gasteiger partial charge on any atom is 0.268 e. The number of hydrogen-bond donors (Lipinski definition) is 2. The number of carbonyl (C=O) groups is 1. The molecule has 104 valence electrons. The lowest BCUT2D eigenvalue weighted by atomic mass is 9.90. The van der Waals surface area contributed by atoms with Crippen LogP contribution in [0.15, 0.2) is 50.6 Å². The molecule has 0 saturated carbocycles. The molecule has 0 spiro atoms. The van der Waals surface area contributed by atoms with E-state index in [-0.39, 0.29) is 5.91 Å². The molecule has 1 saturated heterocycles. The molecule has 1 aliphatic heterocycles. The third-order valence-corrected chi connectivity index (χ3v) is 3.43. The SMILES string of the molecule is C=CCC1(CC=C)NC(CC=C)(CC=C)N(O)C1=O. The van der Waals surface area contributed by atoms with Crippen LogP contribution in [0, 0.1) is 0 Å². The minimum atomic E-state index is -0.885. The zero-order valence-corrected chi connectivity index (χ0v) is 11.3. The Balaban J connectivity index is 3.21. The van der Waals surface area contributed by atoms with Gasteiger partial charge in [0.2, 0.25) is 0 Å². The van der Waals surface area contributed by atoms with Gasteiger partial charge < -0.3 is 0 Å². The number of nitrogens with zero attached hydrogens (tertiary/aromatic N) is 1. The Hall–Kier alpha value is -1.65. The summed E-state index contributed by atoms with van der Waals surface area (Å²) in [6, 6.07) is 0. The van der Waals surface area contributed by atoms with E-state index in [0.29, 0.717) is 25.7 Å². The fourth-order valence-electron chi connectivity index (χ4n) is 2.64. The highest BCUT2D eigenvalue weighted by Crippen LogP contribution is 2.36. The number of hydroxylamine groups is 2. The molecule has 0 unspecified atom stereocenters. The van der Waals surface area contributed by atoms with Crippen molar-refractivity contribution in [1.29, 1.82) is 0 Å². The number of hydrogen-bond acceptors (Lipinski definition) is 3. The molecule has 2 N–H and O–H groups in total. The third-order valence-electron chi connectivity index (χ3n) is 3.43. The summed E-state index contributed by atoms with van der Waals surface area (Å²) in [5.41, 5.74) is -1.77. The van der Waals surface area contributed by atoms with Gasteiger partial charge in [-0.1, -0.05) is 24.3 Å². The summed E-state index contributed by atoms with van der Waals surface area (Å²) in [5.74, 6) is -0.365. The molecule has 1 amide bonds. The van der Waals surface area contributed by atoms with Crippen LogP contribution in [-0.4, -0.2) is 27.4 Å². The third kappa shape index (κ3) is 2.55. The molecule has 0 bridgehead atoms. The van der Waals surface area contributed by atoms with Crippen molar-refractivity contribution in [2.75, 3.05) is 0 Å². The Morgan fingerprint density at radius 3 is 1.79 bits per heavy atom. The highest BCUT2D eigenvalue weighted by atomic mass is 16.5. The van der Waals surface area contributed by atoms with Gasteiger partial charge in [-0.3, -0.25) is 15.3 Å². The smallest absolute Gasteiger partial charge is 0.268 e. The average molecular weight is 262 g/mol. The maximum atomic E-state index is 12.4. The second-order valence-corrected chi connectivity index (χ2v) is 4.83. The van der Waals surface area contributed by atoms with E-state index in [9.17, 15) is 10.0 Å². The van der Waals surface area contributed by atoms with Gasteiger partial charge in [0.1, 0.15) is 11.2 Å².